The Morgan fingerprint density at radius 2 is 2.20 bits per heavy atom. The van der Waals surface area contributed by atoms with Gasteiger partial charge in [0.05, 0.1) is 11.6 Å². The summed E-state index contributed by atoms with van der Waals surface area (Å²) in [5.74, 6) is 0.137. The molecule has 0 aliphatic carbocycles. The molecule has 1 saturated heterocycles. The van der Waals surface area contributed by atoms with Gasteiger partial charge in [0.2, 0.25) is 5.91 Å². The quantitative estimate of drug-likeness (QED) is 0.827. The van der Waals surface area contributed by atoms with Crippen molar-refractivity contribution in [1.29, 1.82) is 0 Å². The molecule has 2 heterocycles. The average molecular weight is 339 g/mol. The van der Waals surface area contributed by atoms with E-state index >= 15 is 0 Å². The first-order valence-corrected chi connectivity index (χ1v) is 7.74. The van der Waals surface area contributed by atoms with E-state index in [1.54, 1.807) is 0 Å². The Balaban J connectivity index is 2.10. The molecule has 3 rings (SSSR count). The van der Waals surface area contributed by atoms with Crippen LogP contribution in [-0.2, 0) is 4.79 Å². The Morgan fingerprint density at radius 1 is 1.45 bits per heavy atom. The number of hydrogen-bond donors (Lipinski definition) is 2. The summed E-state index contributed by atoms with van der Waals surface area (Å²) in [4.78, 5) is 13.9. The Labute approximate surface area is 127 Å². The smallest absolute Gasteiger partial charge is 0.223 e. The van der Waals surface area contributed by atoms with Gasteiger partial charge in [0, 0.05) is 28.7 Å². The van der Waals surface area contributed by atoms with Gasteiger partial charge in [0.25, 0.3) is 0 Å². The lowest BCUT2D eigenvalue weighted by atomic mass is 9.82. The number of aliphatic hydroxyl groups excluding tert-OH is 1. The lowest BCUT2D eigenvalue weighted by molar-refractivity contribution is -0.133. The molecule has 2 atom stereocenters. The van der Waals surface area contributed by atoms with Gasteiger partial charge in [-0.3, -0.25) is 4.79 Å². The van der Waals surface area contributed by atoms with E-state index < -0.39 is 11.6 Å². The molecule has 0 bridgehead atoms. The summed E-state index contributed by atoms with van der Waals surface area (Å²) in [7, 11) is 0. The van der Waals surface area contributed by atoms with Gasteiger partial charge in [-0.2, -0.15) is 0 Å². The third kappa shape index (κ3) is 2.13. The Kier molecular flexibility index (Phi) is 3.29. The van der Waals surface area contributed by atoms with Crippen LogP contribution in [0.5, 0.6) is 0 Å². The van der Waals surface area contributed by atoms with Crippen molar-refractivity contribution in [3.63, 3.8) is 0 Å². The molecule has 0 radical (unpaired) electrons. The Bertz CT molecular complexity index is 559. The number of nitrogens with zero attached hydrogens (tertiary/aromatic N) is 1. The maximum Gasteiger partial charge on any atom is 0.223 e. The number of benzene rings is 1. The second-order valence-electron chi connectivity index (χ2n) is 6.16. The molecule has 0 unspecified atom stereocenters. The fraction of sp³-hybridized carbons (Fsp3) is 0.533. The van der Waals surface area contributed by atoms with Crippen LogP contribution < -0.4 is 5.32 Å². The van der Waals surface area contributed by atoms with Crippen LogP contribution in [-0.4, -0.2) is 34.1 Å². The molecule has 4 nitrogen and oxygen atoms in total. The minimum Gasteiger partial charge on any atom is -0.388 e. The number of amides is 1. The van der Waals surface area contributed by atoms with Crippen molar-refractivity contribution in [2.24, 2.45) is 0 Å². The van der Waals surface area contributed by atoms with E-state index in [1.165, 1.54) is 0 Å². The molecule has 108 valence electrons. The molecule has 1 amide bonds. The number of carbonyl (C=O) groups is 1. The molecule has 1 aromatic rings. The maximum atomic E-state index is 12.1. The first kappa shape index (κ1) is 13.9. The van der Waals surface area contributed by atoms with Gasteiger partial charge in [-0.1, -0.05) is 15.9 Å². The average Bonchev–Trinajstić information content (AvgIpc) is 2.78. The van der Waals surface area contributed by atoms with Gasteiger partial charge in [-0.15, -0.1) is 0 Å². The summed E-state index contributed by atoms with van der Waals surface area (Å²) in [6.45, 7) is 4.66. The topological polar surface area (TPSA) is 52.6 Å². The number of nitrogens with one attached hydrogen (secondary N) is 1. The molecule has 2 N–H and O–H groups in total. The monoisotopic (exact) mass is 338 g/mol. The summed E-state index contributed by atoms with van der Waals surface area (Å²) in [5, 5.41) is 14.1. The zero-order chi connectivity index (χ0) is 14.5. The summed E-state index contributed by atoms with van der Waals surface area (Å²) in [6.07, 6.45) is 0.825. The number of anilines is 1. The Hall–Kier alpha value is -1.07. The lowest BCUT2D eigenvalue weighted by Crippen LogP contribution is -2.55. The highest BCUT2D eigenvalue weighted by Crippen LogP contribution is 2.43. The first-order valence-electron chi connectivity index (χ1n) is 6.95. The van der Waals surface area contributed by atoms with Crippen molar-refractivity contribution < 1.29 is 9.90 Å². The number of halogens is 1. The predicted molar refractivity (Wildman–Crippen MR) is 81.5 cm³/mol. The summed E-state index contributed by atoms with van der Waals surface area (Å²) in [6, 6.07) is 5.70. The van der Waals surface area contributed by atoms with Gasteiger partial charge >= 0.3 is 0 Å². The van der Waals surface area contributed by atoms with E-state index in [2.05, 4.69) is 21.2 Å². The SMILES string of the molecule is CC1(C)Nc2ccc(Br)cc2[C@H](N2CCCC2=O)[C@H]1O. The zero-order valence-electron chi connectivity index (χ0n) is 11.7. The van der Waals surface area contributed by atoms with Crippen LogP contribution >= 0.6 is 15.9 Å². The molecule has 0 saturated carbocycles. The molecular formula is C15H19BrN2O2. The zero-order valence-corrected chi connectivity index (χ0v) is 13.3. The molecule has 2 aliphatic rings. The van der Waals surface area contributed by atoms with Crippen LogP contribution in [0.4, 0.5) is 5.69 Å². The van der Waals surface area contributed by atoms with Crippen LogP contribution in [0.3, 0.4) is 0 Å². The van der Waals surface area contributed by atoms with E-state index in [4.69, 9.17) is 0 Å². The van der Waals surface area contributed by atoms with Crippen molar-refractivity contribution in [3.8, 4) is 0 Å². The molecule has 1 aromatic carbocycles. The molecule has 20 heavy (non-hydrogen) atoms. The number of likely N-dealkylation sites (tertiary alicyclic amines) is 1. The molecule has 5 heteroatoms. The van der Waals surface area contributed by atoms with E-state index in [-0.39, 0.29) is 11.9 Å². The molecule has 2 aliphatic heterocycles. The highest BCUT2D eigenvalue weighted by atomic mass is 79.9. The van der Waals surface area contributed by atoms with Crippen molar-refractivity contribution >= 4 is 27.5 Å². The summed E-state index contributed by atoms with van der Waals surface area (Å²) < 4.78 is 0.960. The lowest BCUT2D eigenvalue weighted by Gasteiger charge is -2.46. The minimum atomic E-state index is -0.633. The standard InChI is InChI=1S/C15H19BrN2O2/c1-15(2)14(20)13(18-7-3-4-12(18)19)10-8-9(16)5-6-11(10)17-15/h5-6,8,13-14,17,20H,3-4,7H2,1-2H3/t13-,14+/m0/s1. The van der Waals surface area contributed by atoms with Gasteiger partial charge in [0.1, 0.15) is 6.10 Å². The molecular weight excluding hydrogens is 320 g/mol. The van der Waals surface area contributed by atoms with Crippen molar-refractivity contribution in [2.45, 2.75) is 44.4 Å². The van der Waals surface area contributed by atoms with Crippen molar-refractivity contribution in [2.75, 3.05) is 11.9 Å². The molecule has 0 spiro atoms. The fourth-order valence-corrected chi connectivity index (χ4v) is 3.56. The van der Waals surface area contributed by atoms with Crippen LogP contribution in [0.15, 0.2) is 22.7 Å². The predicted octanol–water partition coefficient (Wildman–Crippen LogP) is 2.68. The normalized spacial score (nSPS) is 28.2. The van der Waals surface area contributed by atoms with Crippen LogP contribution in [0, 0.1) is 0 Å². The van der Waals surface area contributed by atoms with Gasteiger partial charge in [-0.25, -0.2) is 0 Å². The molecule has 1 fully saturated rings. The number of hydrogen-bond acceptors (Lipinski definition) is 3. The van der Waals surface area contributed by atoms with Crippen molar-refractivity contribution in [1.82, 2.24) is 4.90 Å². The Morgan fingerprint density at radius 3 is 2.85 bits per heavy atom. The fourth-order valence-electron chi connectivity index (χ4n) is 3.18. The highest BCUT2D eigenvalue weighted by molar-refractivity contribution is 9.10. The third-order valence-corrected chi connectivity index (χ3v) is 4.77. The van der Waals surface area contributed by atoms with Crippen molar-refractivity contribution in [3.05, 3.63) is 28.2 Å². The first-order chi connectivity index (χ1) is 9.40. The third-order valence-electron chi connectivity index (χ3n) is 4.27. The number of aliphatic hydroxyl groups is 1. The second kappa shape index (κ2) is 4.74. The van der Waals surface area contributed by atoms with Gasteiger partial charge < -0.3 is 15.3 Å². The largest absolute Gasteiger partial charge is 0.388 e. The summed E-state index contributed by atoms with van der Waals surface area (Å²) >= 11 is 3.48. The maximum absolute atomic E-state index is 12.1. The van der Waals surface area contributed by atoms with Gasteiger partial charge in [-0.05, 0) is 38.5 Å². The van der Waals surface area contributed by atoms with Crippen LogP contribution in [0.25, 0.3) is 0 Å². The number of carbonyl (C=O) groups excluding carboxylic acids is 1. The highest BCUT2D eigenvalue weighted by Gasteiger charge is 2.45. The number of fused-ring (bicyclic) bond motifs is 1. The number of rotatable bonds is 1. The van der Waals surface area contributed by atoms with E-state index in [9.17, 15) is 9.90 Å². The second-order valence-corrected chi connectivity index (χ2v) is 7.07. The minimum absolute atomic E-state index is 0.137. The van der Waals surface area contributed by atoms with Gasteiger partial charge in [0.15, 0.2) is 0 Å². The van der Waals surface area contributed by atoms with Crippen LogP contribution in [0.1, 0.15) is 38.3 Å². The van der Waals surface area contributed by atoms with E-state index in [0.29, 0.717) is 6.42 Å². The van der Waals surface area contributed by atoms with Crippen LogP contribution in [0.2, 0.25) is 0 Å². The summed E-state index contributed by atoms with van der Waals surface area (Å²) in [5.41, 5.74) is 1.52. The van der Waals surface area contributed by atoms with E-state index in [0.717, 1.165) is 28.7 Å². The van der Waals surface area contributed by atoms with E-state index in [1.807, 2.05) is 36.9 Å². The molecule has 0 aromatic heterocycles.